The molecule has 1 saturated carbocycles. The van der Waals surface area contributed by atoms with Gasteiger partial charge in [0, 0.05) is 5.92 Å². The van der Waals surface area contributed by atoms with Crippen LogP contribution in [0, 0.1) is 0 Å². The van der Waals surface area contributed by atoms with E-state index in [1.54, 1.807) is 0 Å². The number of aromatic nitrogens is 1. The Morgan fingerprint density at radius 2 is 2.33 bits per heavy atom. The molecule has 12 heavy (non-hydrogen) atoms. The van der Waals surface area contributed by atoms with Gasteiger partial charge in [-0.15, -0.1) is 0 Å². The zero-order valence-corrected chi connectivity index (χ0v) is 7.34. The summed E-state index contributed by atoms with van der Waals surface area (Å²) >= 11 is 0. The Balaban J connectivity index is 2.27. The lowest BCUT2D eigenvalue weighted by Crippen LogP contribution is -1.97. The molecule has 1 heterocycles. The fourth-order valence-electron chi connectivity index (χ4n) is 1.34. The van der Waals surface area contributed by atoms with Gasteiger partial charge in [-0.05, 0) is 19.3 Å². The van der Waals surface area contributed by atoms with Crippen molar-refractivity contribution in [3.8, 4) is 0 Å². The second-order valence-electron chi connectivity index (χ2n) is 3.25. The van der Waals surface area contributed by atoms with Crippen LogP contribution >= 0.6 is 0 Å². The van der Waals surface area contributed by atoms with Gasteiger partial charge < -0.3 is 10.2 Å². The van der Waals surface area contributed by atoms with Crippen molar-refractivity contribution in [1.29, 1.82) is 0 Å². The quantitative estimate of drug-likeness (QED) is 0.741. The molecule has 0 atom stereocenters. The molecule has 0 radical (unpaired) electrons. The van der Waals surface area contributed by atoms with E-state index in [1.165, 1.54) is 12.8 Å². The number of hydrogen-bond donors (Lipinski definition) is 1. The van der Waals surface area contributed by atoms with E-state index >= 15 is 0 Å². The Morgan fingerprint density at radius 1 is 1.58 bits per heavy atom. The van der Waals surface area contributed by atoms with Gasteiger partial charge in [0.15, 0.2) is 5.89 Å². The van der Waals surface area contributed by atoms with E-state index < -0.39 is 0 Å². The number of nitrogens with two attached hydrogens (primary N) is 1. The van der Waals surface area contributed by atoms with Crippen LogP contribution in [0.15, 0.2) is 4.42 Å². The standard InChI is InChI=1S/C9H14N2O/c1-2-7-8(5-10)12-9(11-7)6-3-4-6/h6H,2-5,10H2,1H3. The van der Waals surface area contributed by atoms with Gasteiger partial charge in [-0.1, -0.05) is 6.92 Å². The van der Waals surface area contributed by atoms with E-state index in [-0.39, 0.29) is 0 Å². The van der Waals surface area contributed by atoms with Gasteiger partial charge in [0.25, 0.3) is 0 Å². The number of aryl methyl sites for hydroxylation is 1. The largest absolute Gasteiger partial charge is 0.444 e. The monoisotopic (exact) mass is 166 g/mol. The molecule has 1 aliphatic carbocycles. The van der Waals surface area contributed by atoms with Crippen molar-refractivity contribution in [2.45, 2.75) is 38.6 Å². The summed E-state index contributed by atoms with van der Waals surface area (Å²) < 4.78 is 5.54. The van der Waals surface area contributed by atoms with Crippen LogP contribution in [0.25, 0.3) is 0 Å². The molecule has 0 bridgehead atoms. The lowest BCUT2D eigenvalue weighted by molar-refractivity contribution is 0.456. The van der Waals surface area contributed by atoms with E-state index in [0.717, 1.165) is 23.8 Å². The Labute approximate surface area is 72.0 Å². The first-order valence-corrected chi connectivity index (χ1v) is 4.53. The molecule has 1 aliphatic rings. The maximum atomic E-state index is 5.54. The maximum absolute atomic E-state index is 5.54. The SMILES string of the molecule is CCc1nc(C2CC2)oc1CN. The molecular weight excluding hydrogens is 152 g/mol. The van der Waals surface area contributed by atoms with Gasteiger partial charge in [-0.2, -0.15) is 0 Å². The summed E-state index contributed by atoms with van der Waals surface area (Å²) in [5, 5.41) is 0. The highest BCUT2D eigenvalue weighted by molar-refractivity contribution is 5.13. The summed E-state index contributed by atoms with van der Waals surface area (Å²) in [4.78, 5) is 4.41. The molecule has 0 aromatic carbocycles. The Hall–Kier alpha value is -0.830. The van der Waals surface area contributed by atoms with Crippen molar-refractivity contribution >= 4 is 0 Å². The highest BCUT2D eigenvalue weighted by Gasteiger charge is 2.29. The highest BCUT2D eigenvalue weighted by Crippen LogP contribution is 2.40. The van der Waals surface area contributed by atoms with Crippen LogP contribution in [0.4, 0.5) is 0 Å². The average molecular weight is 166 g/mol. The molecule has 1 aromatic rings. The number of nitrogens with zero attached hydrogens (tertiary/aromatic N) is 1. The van der Waals surface area contributed by atoms with Crippen LogP contribution in [-0.4, -0.2) is 4.98 Å². The fourth-order valence-corrected chi connectivity index (χ4v) is 1.34. The molecule has 1 fully saturated rings. The van der Waals surface area contributed by atoms with Gasteiger partial charge in [0.1, 0.15) is 5.76 Å². The normalized spacial score (nSPS) is 16.8. The first-order valence-electron chi connectivity index (χ1n) is 4.53. The van der Waals surface area contributed by atoms with E-state index in [9.17, 15) is 0 Å². The molecule has 3 nitrogen and oxygen atoms in total. The molecule has 0 unspecified atom stereocenters. The van der Waals surface area contributed by atoms with Crippen molar-refractivity contribution in [3.05, 3.63) is 17.3 Å². The van der Waals surface area contributed by atoms with Gasteiger partial charge >= 0.3 is 0 Å². The van der Waals surface area contributed by atoms with Crippen LogP contribution in [0.3, 0.4) is 0 Å². The van der Waals surface area contributed by atoms with E-state index in [0.29, 0.717) is 12.5 Å². The third-order valence-electron chi connectivity index (χ3n) is 2.24. The minimum atomic E-state index is 0.475. The van der Waals surface area contributed by atoms with Gasteiger partial charge in [-0.3, -0.25) is 0 Å². The van der Waals surface area contributed by atoms with Crippen molar-refractivity contribution in [2.75, 3.05) is 0 Å². The van der Waals surface area contributed by atoms with E-state index in [2.05, 4.69) is 11.9 Å². The van der Waals surface area contributed by atoms with Crippen LogP contribution < -0.4 is 5.73 Å². The van der Waals surface area contributed by atoms with E-state index in [1.807, 2.05) is 0 Å². The summed E-state index contributed by atoms with van der Waals surface area (Å²) in [5.41, 5.74) is 6.57. The predicted molar refractivity (Wildman–Crippen MR) is 45.7 cm³/mol. The predicted octanol–water partition coefficient (Wildman–Crippen LogP) is 1.57. The van der Waals surface area contributed by atoms with Crippen molar-refractivity contribution in [3.63, 3.8) is 0 Å². The van der Waals surface area contributed by atoms with Crippen molar-refractivity contribution in [1.82, 2.24) is 4.98 Å². The lowest BCUT2D eigenvalue weighted by Gasteiger charge is -1.90. The molecule has 0 aliphatic heterocycles. The maximum Gasteiger partial charge on any atom is 0.197 e. The average Bonchev–Trinajstić information content (AvgIpc) is 2.85. The van der Waals surface area contributed by atoms with Crippen LogP contribution in [0.2, 0.25) is 0 Å². The first kappa shape index (κ1) is 7.80. The molecule has 66 valence electrons. The molecule has 1 aromatic heterocycles. The third kappa shape index (κ3) is 1.25. The van der Waals surface area contributed by atoms with Crippen LogP contribution in [-0.2, 0) is 13.0 Å². The van der Waals surface area contributed by atoms with Crippen LogP contribution in [0.1, 0.15) is 43.0 Å². The summed E-state index contributed by atoms with van der Waals surface area (Å²) in [7, 11) is 0. The molecular formula is C9H14N2O. The number of hydrogen-bond acceptors (Lipinski definition) is 3. The van der Waals surface area contributed by atoms with Crippen molar-refractivity contribution < 1.29 is 4.42 Å². The third-order valence-corrected chi connectivity index (χ3v) is 2.24. The van der Waals surface area contributed by atoms with Gasteiger partial charge in [0.05, 0.1) is 12.2 Å². The smallest absolute Gasteiger partial charge is 0.197 e. The van der Waals surface area contributed by atoms with Crippen molar-refractivity contribution in [2.24, 2.45) is 5.73 Å². The number of rotatable bonds is 3. The second-order valence-corrected chi connectivity index (χ2v) is 3.25. The Kier molecular flexibility index (Phi) is 1.89. The summed E-state index contributed by atoms with van der Waals surface area (Å²) in [5.74, 6) is 2.38. The summed E-state index contributed by atoms with van der Waals surface area (Å²) in [6, 6.07) is 0. The Bertz CT molecular complexity index is 255. The number of oxazole rings is 1. The fraction of sp³-hybridized carbons (Fsp3) is 0.667. The molecule has 0 amide bonds. The van der Waals surface area contributed by atoms with E-state index in [4.69, 9.17) is 10.2 Å². The minimum Gasteiger partial charge on any atom is -0.444 e. The van der Waals surface area contributed by atoms with Gasteiger partial charge in [0.2, 0.25) is 0 Å². The first-order chi connectivity index (χ1) is 5.85. The molecule has 3 heteroatoms. The summed E-state index contributed by atoms with van der Waals surface area (Å²) in [6.45, 7) is 2.55. The zero-order chi connectivity index (χ0) is 8.55. The Morgan fingerprint density at radius 3 is 2.75 bits per heavy atom. The second kappa shape index (κ2) is 2.90. The summed E-state index contributed by atoms with van der Waals surface area (Å²) in [6.07, 6.45) is 3.38. The minimum absolute atomic E-state index is 0.475. The molecule has 2 N–H and O–H groups in total. The van der Waals surface area contributed by atoms with Gasteiger partial charge in [-0.25, -0.2) is 4.98 Å². The van der Waals surface area contributed by atoms with Crippen LogP contribution in [0.5, 0.6) is 0 Å². The molecule has 0 spiro atoms. The topological polar surface area (TPSA) is 52.0 Å². The zero-order valence-electron chi connectivity index (χ0n) is 7.34. The highest BCUT2D eigenvalue weighted by atomic mass is 16.4. The molecule has 0 saturated heterocycles. The molecule has 2 rings (SSSR count). The lowest BCUT2D eigenvalue weighted by atomic mass is 10.3.